The van der Waals surface area contributed by atoms with Crippen molar-refractivity contribution in [1.82, 2.24) is 0 Å². The molecule has 0 aromatic heterocycles. The average molecular weight is 142 g/mol. The summed E-state index contributed by atoms with van der Waals surface area (Å²) in [7, 11) is 0. The van der Waals surface area contributed by atoms with Crippen LogP contribution in [0.4, 0.5) is 0 Å². The Morgan fingerprint density at radius 1 is 1.40 bits per heavy atom. The third-order valence-corrected chi connectivity index (χ3v) is 1.41. The summed E-state index contributed by atoms with van der Waals surface area (Å²) in [6, 6.07) is 0. The summed E-state index contributed by atoms with van der Waals surface area (Å²) in [5.41, 5.74) is 0. The Morgan fingerprint density at radius 2 is 2.00 bits per heavy atom. The fourth-order valence-electron chi connectivity index (χ4n) is 0.558. The van der Waals surface area contributed by atoms with Gasteiger partial charge in [0.2, 0.25) is 0 Å². The highest BCUT2D eigenvalue weighted by Crippen LogP contribution is 2.01. The fraction of sp³-hybridized carbons (Fsp3) is 0.778. The molecule has 0 rings (SSSR count). The molecule has 0 saturated carbocycles. The quantitative estimate of drug-likeness (QED) is 0.536. The second-order valence-corrected chi connectivity index (χ2v) is 2.99. The topological polar surface area (TPSA) is 9.23 Å². The summed E-state index contributed by atoms with van der Waals surface area (Å²) in [6.07, 6.45) is 3.16. The molecule has 0 fully saturated rings. The average Bonchev–Trinajstić information content (AvgIpc) is 1.87. The first-order valence-electron chi connectivity index (χ1n) is 3.91. The lowest BCUT2D eigenvalue weighted by Crippen LogP contribution is -2.06. The molecule has 60 valence electrons. The molecule has 0 aromatic rings. The van der Waals surface area contributed by atoms with Crippen LogP contribution in [0, 0.1) is 5.92 Å². The number of ether oxygens (including phenoxy) is 1. The van der Waals surface area contributed by atoms with Crippen LogP contribution in [-0.4, -0.2) is 12.7 Å². The molecule has 1 nitrogen and oxygen atoms in total. The molecule has 0 bridgehead atoms. The normalized spacial score (nSPS) is 13.6. The molecule has 0 amide bonds. The Balaban J connectivity index is 3.11. The van der Waals surface area contributed by atoms with Gasteiger partial charge in [-0.2, -0.15) is 0 Å². The van der Waals surface area contributed by atoms with E-state index in [0.29, 0.717) is 0 Å². The van der Waals surface area contributed by atoms with Gasteiger partial charge in [-0.25, -0.2) is 0 Å². The Labute approximate surface area is 64.1 Å². The second kappa shape index (κ2) is 5.48. The molecule has 0 aromatic carbocycles. The Kier molecular flexibility index (Phi) is 5.32. The van der Waals surface area contributed by atoms with Crippen LogP contribution in [0.1, 0.15) is 27.2 Å². The van der Waals surface area contributed by atoms with E-state index < -0.39 is 0 Å². The van der Waals surface area contributed by atoms with Gasteiger partial charge in [-0.3, -0.25) is 0 Å². The molecule has 0 aliphatic heterocycles. The molecule has 0 saturated heterocycles. The van der Waals surface area contributed by atoms with Crippen molar-refractivity contribution in [3.05, 3.63) is 12.7 Å². The summed E-state index contributed by atoms with van der Waals surface area (Å²) < 4.78 is 5.38. The van der Waals surface area contributed by atoms with Crippen LogP contribution in [0.2, 0.25) is 0 Å². The predicted molar refractivity (Wildman–Crippen MR) is 45.1 cm³/mol. The lowest BCUT2D eigenvalue weighted by Gasteiger charge is -2.09. The van der Waals surface area contributed by atoms with Crippen molar-refractivity contribution >= 4 is 0 Å². The van der Waals surface area contributed by atoms with Gasteiger partial charge in [-0.15, -0.1) is 6.58 Å². The van der Waals surface area contributed by atoms with E-state index in [-0.39, 0.29) is 6.10 Å². The largest absolute Gasteiger partial charge is 0.374 e. The monoisotopic (exact) mass is 142 g/mol. The van der Waals surface area contributed by atoms with E-state index in [1.165, 1.54) is 0 Å². The van der Waals surface area contributed by atoms with Gasteiger partial charge < -0.3 is 4.74 Å². The van der Waals surface area contributed by atoms with Gasteiger partial charge in [0, 0.05) is 6.61 Å². The standard InChI is InChI=1S/C9H18O/c1-5-9(4)10-7-6-8(2)3/h5,8-9H,1,6-7H2,2-4H3. The Bertz CT molecular complexity index is 86.7. The minimum atomic E-state index is 0.207. The lowest BCUT2D eigenvalue weighted by atomic mass is 10.1. The number of rotatable bonds is 5. The predicted octanol–water partition coefficient (Wildman–Crippen LogP) is 2.62. The third kappa shape index (κ3) is 5.83. The molecular formula is C9H18O. The molecule has 0 aliphatic carbocycles. The first-order chi connectivity index (χ1) is 4.66. The fourth-order valence-corrected chi connectivity index (χ4v) is 0.558. The zero-order valence-corrected chi connectivity index (χ0v) is 7.26. The zero-order chi connectivity index (χ0) is 7.98. The Morgan fingerprint density at radius 3 is 2.40 bits per heavy atom. The highest BCUT2D eigenvalue weighted by Gasteiger charge is 1.96. The summed E-state index contributed by atoms with van der Waals surface area (Å²) in [6.45, 7) is 10.9. The van der Waals surface area contributed by atoms with E-state index >= 15 is 0 Å². The van der Waals surface area contributed by atoms with E-state index in [2.05, 4.69) is 20.4 Å². The molecule has 0 radical (unpaired) electrons. The van der Waals surface area contributed by atoms with E-state index in [4.69, 9.17) is 4.74 Å². The van der Waals surface area contributed by atoms with Crippen molar-refractivity contribution < 1.29 is 4.74 Å². The molecule has 1 heteroatoms. The summed E-state index contributed by atoms with van der Waals surface area (Å²) in [4.78, 5) is 0. The van der Waals surface area contributed by atoms with Crippen LogP contribution in [0.25, 0.3) is 0 Å². The van der Waals surface area contributed by atoms with Gasteiger partial charge in [0.1, 0.15) is 0 Å². The van der Waals surface area contributed by atoms with E-state index in [0.717, 1.165) is 18.9 Å². The van der Waals surface area contributed by atoms with E-state index in [1.54, 1.807) is 0 Å². The maximum absolute atomic E-state index is 5.38. The van der Waals surface area contributed by atoms with Gasteiger partial charge in [0.05, 0.1) is 6.10 Å². The van der Waals surface area contributed by atoms with Crippen molar-refractivity contribution in [1.29, 1.82) is 0 Å². The van der Waals surface area contributed by atoms with Crippen molar-refractivity contribution in [3.63, 3.8) is 0 Å². The number of hydrogen-bond acceptors (Lipinski definition) is 1. The number of hydrogen-bond donors (Lipinski definition) is 0. The minimum absolute atomic E-state index is 0.207. The maximum Gasteiger partial charge on any atom is 0.0725 e. The van der Waals surface area contributed by atoms with Gasteiger partial charge in [-0.1, -0.05) is 19.9 Å². The van der Waals surface area contributed by atoms with Gasteiger partial charge in [-0.05, 0) is 19.3 Å². The molecule has 0 heterocycles. The second-order valence-electron chi connectivity index (χ2n) is 2.99. The third-order valence-electron chi connectivity index (χ3n) is 1.41. The van der Waals surface area contributed by atoms with Crippen molar-refractivity contribution in [2.24, 2.45) is 5.92 Å². The SMILES string of the molecule is C=CC(C)OCCC(C)C. The molecule has 0 spiro atoms. The van der Waals surface area contributed by atoms with E-state index in [9.17, 15) is 0 Å². The Hall–Kier alpha value is -0.300. The van der Waals surface area contributed by atoms with E-state index in [1.807, 2.05) is 13.0 Å². The first kappa shape index (κ1) is 9.70. The van der Waals surface area contributed by atoms with Crippen LogP contribution < -0.4 is 0 Å². The van der Waals surface area contributed by atoms with Crippen molar-refractivity contribution in [2.75, 3.05) is 6.61 Å². The first-order valence-corrected chi connectivity index (χ1v) is 3.91. The molecule has 1 unspecified atom stereocenters. The zero-order valence-electron chi connectivity index (χ0n) is 7.26. The molecule has 10 heavy (non-hydrogen) atoms. The minimum Gasteiger partial charge on any atom is -0.374 e. The molecule has 0 aliphatic rings. The summed E-state index contributed by atoms with van der Waals surface area (Å²) in [5, 5.41) is 0. The van der Waals surface area contributed by atoms with Crippen LogP contribution in [-0.2, 0) is 4.74 Å². The highest BCUT2D eigenvalue weighted by molar-refractivity contribution is 4.74. The van der Waals surface area contributed by atoms with Crippen LogP contribution >= 0.6 is 0 Å². The summed E-state index contributed by atoms with van der Waals surface area (Å²) in [5.74, 6) is 0.733. The lowest BCUT2D eigenvalue weighted by molar-refractivity contribution is 0.0889. The molecular weight excluding hydrogens is 124 g/mol. The smallest absolute Gasteiger partial charge is 0.0725 e. The van der Waals surface area contributed by atoms with Crippen LogP contribution in [0.3, 0.4) is 0 Å². The molecule has 0 N–H and O–H groups in total. The van der Waals surface area contributed by atoms with Gasteiger partial charge in [0.15, 0.2) is 0 Å². The van der Waals surface area contributed by atoms with Crippen molar-refractivity contribution in [3.8, 4) is 0 Å². The van der Waals surface area contributed by atoms with Crippen molar-refractivity contribution in [2.45, 2.75) is 33.3 Å². The maximum atomic E-state index is 5.38. The molecule has 1 atom stereocenters. The summed E-state index contributed by atoms with van der Waals surface area (Å²) >= 11 is 0. The van der Waals surface area contributed by atoms with Gasteiger partial charge >= 0.3 is 0 Å². The van der Waals surface area contributed by atoms with Crippen LogP contribution in [0.15, 0.2) is 12.7 Å². The van der Waals surface area contributed by atoms with Crippen LogP contribution in [0.5, 0.6) is 0 Å². The van der Waals surface area contributed by atoms with Gasteiger partial charge in [0.25, 0.3) is 0 Å². The highest BCUT2D eigenvalue weighted by atomic mass is 16.5.